The summed E-state index contributed by atoms with van der Waals surface area (Å²) in [6.45, 7) is 4.32. The van der Waals surface area contributed by atoms with E-state index >= 15 is 0 Å². The monoisotopic (exact) mass is 327 g/mol. The molecule has 1 atom stereocenters. The molecule has 0 aliphatic carbocycles. The minimum absolute atomic E-state index is 0.326. The van der Waals surface area contributed by atoms with Crippen molar-refractivity contribution in [1.82, 2.24) is 19.9 Å². The summed E-state index contributed by atoms with van der Waals surface area (Å²) < 4.78 is 0. The fraction of sp³-hybridized carbons (Fsp3) is 0.294. The first-order valence-electron chi connectivity index (χ1n) is 7.67. The molecule has 0 spiro atoms. The SMILES string of the molecule is CCCC(C)Nc1nc(-c2ccncc2Cl)nc2cnccc12. The van der Waals surface area contributed by atoms with Crippen molar-refractivity contribution in [3.8, 4) is 11.4 Å². The molecule has 0 aliphatic heterocycles. The summed E-state index contributed by atoms with van der Waals surface area (Å²) in [6.07, 6.45) is 8.96. The summed E-state index contributed by atoms with van der Waals surface area (Å²) in [6, 6.07) is 4.07. The minimum Gasteiger partial charge on any atom is -0.367 e. The number of aromatic nitrogens is 4. The van der Waals surface area contributed by atoms with E-state index in [0.29, 0.717) is 16.9 Å². The first-order chi connectivity index (χ1) is 11.2. The Kier molecular flexibility index (Phi) is 4.67. The van der Waals surface area contributed by atoms with Gasteiger partial charge in [-0.15, -0.1) is 0 Å². The lowest BCUT2D eigenvalue weighted by atomic mass is 10.2. The Bertz CT molecular complexity index is 821. The summed E-state index contributed by atoms with van der Waals surface area (Å²) in [5.41, 5.74) is 1.55. The molecule has 0 amide bonds. The maximum absolute atomic E-state index is 6.24. The zero-order valence-corrected chi connectivity index (χ0v) is 13.9. The van der Waals surface area contributed by atoms with Crippen molar-refractivity contribution in [2.75, 3.05) is 5.32 Å². The number of hydrogen-bond acceptors (Lipinski definition) is 5. The van der Waals surface area contributed by atoms with Crippen molar-refractivity contribution in [3.05, 3.63) is 41.9 Å². The maximum atomic E-state index is 6.24. The van der Waals surface area contributed by atoms with Crippen molar-refractivity contribution in [2.45, 2.75) is 32.7 Å². The van der Waals surface area contributed by atoms with Gasteiger partial charge in [-0.25, -0.2) is 9.97 Å². The van der Waals surface area contributed by atoms with Crippen LogP contribution in [0.25, 0.3) is 22.3 Å². The van der Waals surface area contributed by atoms with Crippen LogP contribution in [0, 0.1) is 0 Å². The van der Waals surface area contributed by atoms with Gasteiger partial charge in [-0.05, 0) is 25.5 Å². The Morgan fingerprint density at radius 2 is 1.91 bits per heavy atom. The van der Waals surface area contributed by atoms with E-state index in [-0.39, 0.29) is 0 Å². The number of halogens is 1. The molecule has 3 aromatic rings. The van der Waals surface area contributed by atoms with Crippen molar-refractivity contribution in [1.29, 1.82) is 0 Å². The first kappa shape index (κ1) is 15.6. The van der Waals surface area contributed by atoms with Gasteiger partial charge in [-0.3, -0.25) is 9.97 Å². The van der Waals surface area contributed by atoms with E-state index < -0.39 is 0 Å². The second-order valence-corrected chi connectivity index (χ2v) is 5.89. The molecular weight excluding hydrogens is 310 g/mol. The number of hydrogen-bond donors (Lipinski definition) is 1. The highest BCUT2D eigenvalue weighted by Gasteiger charge is 2.13. The molecule has 3 heterocycles. The normalized spacial score (nSPS) is 12.3. The molecule has 23 heavy (non-hydrogen) atoms. The van der Waals surface area contributed by atoms with Crippen LogP contribution in [0.1, 0.15) is 26.7 Å². The highest BCUT2D eigenvalue weighted by Crippen LogP contribution is 2.28. The van der Waals surface area contributed by atoms with Gasteiger partial charge in [0.1, 0.15) is 5.82 Å². The van der Waals surface area contributed by atoms with E-state index in [9.17, 15) is 0 Å². The summed E-state index contributed by atoms with van der Waals surface area (Å²) in [5.74, 6) is 1.38. The third-order valence-electron chi connectivity index (χ3n) is 3.62. The van der Waals surface area contributed by atoms with Gasteiger partial charge in [0.15, 0.2) is 5.82 Å². The van der Waals surface area contributed by atoms with Gasteiger partial charge in [0.05, 0.1) is 16.7 Å². The number of nitrogens with zero attached hydrogens (tertiary/aromatic N) is 4. The molecule has 3 aromatic heterocycles. The van der Waals surface area contributed by atoms with E-state index in [1.54, 1.807) is 24.8 Å². The van der Waals surface area contributed by atoms with Crippen molar-refractivity contribution in [2.24, 2.45) is 0 Å². The first-order valence-corrected chi connectivity index (χ1v) is 8.05. The Hall–Kier alpha value is -2.27. The predicted octanol–water partition coefficient (Wildman–Crippen LogP) is 4.34. The fourth-order valence-corrected chi connectivity index (χ4v) is 2.71. The number of anilines is 1. The van der Waals surface area contributed by atoms with E-state index in [2.05, 4.69) is 34.1 Å². The van der Waals surface area contributed by atoms with Crippen LogP contribution in [-0.4, -0.2) is 26.0 Å². The van der Waals surface area contributed by atoms with Crippen LogP contribution in [0.4, 0.5) is 5.82 Å². The lowest BCUT2D eigenvalue weighted by Crippen LogP contribution is -2.16. The van der Waals surface area contributed by atoms with Crippen LogP contribution in [0.2, 0.25) is 5.02 Å². The molecule has 3 rings (SSSR count). The second-order valence-electron chi connectivity index (χ2n) is 5.48. The van der Waals surface area contributed by atoms with Gasteiger partial charge in [0, 0.05) is 35.6 Å². The fourth-order valence-electron chi connectivity index (χ4n) is 2.51. The Balaban J connectivity index is 2.12. The zero-order valence-electron chi connectivity index (χ0n) is 13.1. The molecule has 0 saturated heterocycles. The topological polar surface area (TPSA) is 63.6 Å². The Labute approximate surface area is 140 Å². The average molecular weight is 328 g/mol. The molecule has 118 valence electrons. The van der Waals surface area contributed by atoms with Crippen molar-refractivity contribution >= 4 is 28.3 Å². The van der Waals surface area contributed by atoms with Gasteiger partial charge in [-0.2, -0.15) is 0 Å². The van der Waals surface area contributed by atoms with Crippen molar-refractivity contribution in [3.63, 3.8) is 0 Å². The molecule has 0 fully saturated rings. The average Bonchev–Trinajstić information content (AvgIpc) is 2.55. The quantitative estimate of drug-likeness (QED) is 0.755. The zero-order chi connectivity index (χ0) is 16.2. The molecule has 0 aromatic carbocycles. The van der Waals surface area contributed by atoms with E-state index in [4.69, 9.17) is 16.6 Å². The third kappa shape index (κ3) is 3.40. The number of fused-ring (bicyclic) bond motifs is 1. The third-order valence-corrected chi connectivity index (χ3v) is 3.92. The van der Waals surface area contributed by atoms with E-state index in [1.165, 1.54) is 0 Å². The Morgan fingerprint density at radius 1 is 1.13 bits per heavy atom. The molecule has 0 bridgehead atoms. The van der Waals surface area contributed by atoms with Crippen LogP contribution in [-0.2, 0) is 0 Å². The smallest absolute Gasteiger partial charge is 0.163 e. The maximum Gasteiger partial charge on any atom is 0.163 e. The summed E-state index contributed by atoms with van der Waals surface area (Å²) in [4.78, 5) is 17.5. The lowest BCUT2D eigenvalue weighted by Gasteiger charge is -2.16. The molecule has 5 nitrogen and oxygen atoms in total. The van der Waals surface area contributed by atoms with Crippen LogP contribution < -0.4 is 5.32 Å². The van der Waals surface area contributed by atoms with Crippen LogP contribution in [0.5, 0.6) is 0 Å². The lowest BCUT2D eigenvalue weighted by molar-refractivity contribution is 0.688. The highest BCUT2D eigenvalue weighted by atomic mass is 35.5. The van der Waals surface area contributed by atoms with Crippen LogP contribution in [0.15, 0.2) is 36.9 Å². The predicted molar refractivity (Wildman–Crippen MR) is 93.6 cm³/mol. The molecule has 1 N–H and O–H groups in total. The largest absolute Gasteiger partial charge is 0.367 e. The van der Waals surface area contributed by atoms with E-state index in [0.717, 1.165) is 35.1 Å². The molecule has 6 heteroatoms. The van der Waals surface area contributed by atoms with Crippen LogP contribution in [0.3, 0.4) is 0 Å². The van der Waals surface area contributed by atoms with Gasteiger partial charge in [-0.1, -0.05) is 24.9 Å². The highest BCUT2D eigenvalue weighted by molar-refractivity contribution is 6.33. The van der Waals surface area contributed by atoms with Gasteiger partial charge >= 0.3 is 0 Å². The van der Waals surface area contributed by atoms with Gasteiger partial charge < -0.3 is 5.32 Å². The summed E-state index contributed by atoms with van der Waals surface area (Å²) in [5, 5.41) is 4.96. The molecule has 0 radical (unpaired) electrons. The number of nitrogens with one attached hydrogen (secondary N) is 1. The molecule has 0 aliphatic rings. The summed E-state index contributed by atoms with van der Waals surface area (Å²) in [7, 11) is 0. The minimum atomic E-state index is 0.326. The standard InChI is InChI=1S/C17H18ClN5/c1-3-4-11(2)21-17-13-6-8-20-10-15(13)22-16(23-17)12-5-7-19-9-14(12)18/h5-11H,3-4H2,1-2H3,(H,21,22,23). The summed E-state index contributed by atoms with van der Waals surface area (Å²) >= 11 is 6.24. The van der Waals surface area contributed by atoms with Crippen molar-refractivity contribution < 1.29 is 0 Å². The van der Waals surface area contributed by atoms with Gasteiger partial charge in [0.2, 0.25) is 0 Å². The van der Waals surface area contributed by atoms with E-state index in [1.807, 2.05) is 12.1 Å². The number of rotatable bonds is 5. The molecular formula is C17H18ClN5. The molecule has 1 unspecified atom stereocenters. The van der Waals surface area contributed by atoms with Gasteiger partial charge in [0.25, 0.3) is 0 Å². The number of pyridine rings is 2. The molecule has 0 saturated carbocycles. The van der Waals surface area contributed by atoms with Crippen LogP contribution >= 0.6 is 11.6 Å². The Morgan fingerprint density at radius 3 is 2.70 bits per heavy atom. The second kappa shape index (κ2) is 6.87.